The number of hydrogen-bond donors (Lipinski definition) is 0. The van der Waals surface area contributed by atoms with Gasteiger partial charge in [-0.25, -0.2) is 0 Å². The molecule has 86 valence electrons. The molecule has 0 atom stereocenters. The summed E-state index contributed by atoms with van der Waals surface area (Å²) in [5, 5.41) is 0. The minimum absolute atomic E-state index is 1.04. The van der Waals surface area contributed by atoms with E-state index in [-0.39, 0.29) is 0 Å². The molecule has 0 fully saturated rings. The molecule has 0 nitrogen and oxygen atoms in total. The first-order valence-corrected chi connectivity index (χ1v) is 25.4. The predicted octanol–water partition coefficient (Wildman–Crippen LogP) is 5.70. The second kappa shape index (κ2) is 12.2. The van der Waals surface area contributed by atoms with Crippen LogP contribution in [-0.4, -0.2) is 33.6 Å². The quantitative estimate of drug-likeness (QED) is 0.431. The maximum absolute atomic E-state index is 5.88. The Hall–Kier alpha value is 2.76. The zero-order valence-electron chi connectivity index (χ0n) is 9.05. The molecule has 0 radical (unpaired) electrons. The van der Waals surface area contributed by atoms with Crippen molar-refractivity contribution in [1.29, 1.82) is 0 Å². The van der Waals surface area contributed by atoms with E-state index in [1.165, 1.54) is 12.8 Å². The number of halogens is 4. The van der Waals surface area contributed by atoms with Crippen molar-refractivity contribution in [2.75, 3.05) is 0 Å². The molecule has 0 spiro atoms. The van der Waals surface area contributed by atoms with E-state index in [2.05, 4.69) is 20.8 Å². The molecule has 0 aliphatic heterocycles. The average Bonchev–Trinajstić information content (AvgIpc) is 2.15. The zero-order chi connectivity index (χ0) is 11.6. The topological polar surface area (TPSA) is 0 Å². The van der Waals surface area contributed by atoms with Crippen molar-refractivity contribution in [3.8, 4) is 0 Å². The Bertz CT molecular complexity index is 114. The molecule has 0 aromatic rings. The second-order valence-electron chi connectivity index (χ2n) is 3.01. The fraction of sp³-hybridized carbons (Fsp3) is 1.00. The van der Waals surface area contributed by atoms with Crippen LogP contribution in [0.4, 0.5) is 0 Å². The van der Waals surface area contributed by atoms with E-state index < -0.39 is 33.6 Å². The van der Waals surface area contributed by atoms with Crippen LogP contribution in [0.1, 0.15) is 33.6 Å². The Morgan fingerprint density at radius 2 is 1.43 bits per heavy atom. The van der Waals surface area contributed by atoms with Crippen molar-refractivity contribution in [3.05, 3.63) is 0 Å². The Kier molecular flexibility index (Phi) is 16.7. The Labute approximate surface area is 114 Å². The van der Waals surface area contributed by atoms with Crippen LogP contribution in [0, 0.1) is 0 Å². The molecule has 0 amide bonds. The van der Waals surface area contributed by atoms with Crippen molar-refractivity contribution >= 4 is 69.3 Å². The van der Waals surface area contributed by atoms with Gasteiger partial charge in [-0.2, -0.15) is 0 Å². The summed E-state index contributed by atoms with van der Waals surface area (Å²) < 4.78 is 3.20. The van der Waals surface area contributed by atoms with Gasteiger partial charge in [0.1, 0.15) is 0 Å². The monoisotopic (exact) mass is 495 g/mol. The predicted molar refractivity (Wildman–Crippen MR) is 75.6 cm³/mol. The van der Waals surface area contributed by atoms with Gasteiger partial charge in [0, 0.05) is 0 Å². The van der Waals surface area contributed by atoms with E-state index in [0.717, 1.165) is 13.3 Å². The summed E-state index contributed by atoms with van der Waals surface area (Å²) in [7, 11) is 23.0. The van der Waals surface area contributed by atoms with E-state index >= 15 is 0 Å². The van der Waals surface area contributed by atoms with Crippen LogP contribution < -0.4 is 0 Å². The third kappa shape index (κ3) is 17.2. The van der Waals surface area contributed by atoms with E-state index in [1.807, 2.05) is 0 Å². The molecule has 0 saturated heterocycles. The SMILES string of the molecule is CCC[CH2][Sn+]([Cl])[Cl].C[CH2][Sn]([Cl])([Cl])[CH2]C. The van der Waals surface area contributed by atoms with Gasteiger partial charge >= 0.3 is 116 Å². The molecule has 0 aromatic carbocycles. The van der Waals surface area contributed by atoms with E-state index in [4.69, 9.17) is 35.7 Å². The van der Waals surface area contributed by atoms with Crippen molar-refractivity contribution in [3.63, 3.8) is 0 Å². The van der Waals surface area contributed by atoms with Gasteiger partial charge in [-0.1, -0.05) is 0 Å². The van der Waals surface area contributed by atoms with Gasteiger partial charge in [-0.15, -0.1) is 0 Å². The molecule has 0 saturated carbocycles. The normalized spacial score (nSPS) is 10.5. The van der Waals surface area contributed by atoms with Crippen molar-refractivity contribution in [2.24, 2.45) is 0 Å². The fourth-order valence-electron chi connectivity index (χ4n) is 0.560. The molecular formula is C8H19Cl4Sn2+. The third-order valence-electron chi connectivity index (χ3n) is 1.75. The fourth-order valence-corrected chi connectivity index (χ4v) is 5.55. The molecule has 0 aliphatic rings. The maximum atomic E-state index is 5.88. The molecule has 0 N–H and O–H groups in total. The molecule has 0 bridgehead atoms. The van der Waals surface area contributed by atoms with Gasteiger partial charge in [0.15, 0.2) is 0 Å². The Balaban J connectivity index is 0. The van der Waals surface area contributed by atoms with Gasteiger partial charge in [0.05, 0.1) is 0 Å². The number of rotatable bonds is 5. The molecule has 0 unspecified atom stereocenters. The van der Waals surface area contributed by atoms with Crippen LogP contribution in [0.3, 0.4) is 0 Å². The second-order valence-corrected chi connectivity index (χ2v) is 33.7. The standard InChI is InChI=1S/C4H9.2C2H5.4ClH.2Sn/c1-3-4-2;2*1-2;;;;;;/h1,3-4H2,2H3;2*1H2,2H3;4*1H;;/q;;;;;;;+2;+3/p-4. The molecular weight excluding hydrogens is 475 g/mol. The van der Waals surface area contributed by atoms with Crippen molar-refractivity contribution < 1.29 is 0 Å². The molecule has 0 rings (SSSR count). The van der Waals surface area contributed by atoms with Gasteiger partial charge in [-0.3, -0.25) is 0 Å². The third-order valence-corrected chi connectivity index (χ3v) is 19.5. The van der Waals surface area contributed by atoms with Gasteiger partial charge in [0.25, 0.3) is 0 Å². The average molecular weight is 494 g/mol. The van der Waals surface area contributed by atoms with Crippen LogP contribution in [0.15, 0.2) is 0 Å². The summed E-state index contributed by atoms with van der Waals surface area (Å²) in [4.78, 5) is 0. The van der Waals surface area contributed by atoms with Crippen molar-refractivity contribution in [2.45, 2.75) is 46.9 Å². The van der Waals surface area contributed by atoms with Gasteiger partial charge < -0.3 is 0 Å². The molecule has 0 aliphatic carbocycles. The minimum atomic E-state index is -2.34. The van der Waals surface area contributed by atoms with Crippen LogP contribution in [0.5, 0.6) is 0 Å². The molecule has 6 heteroatoms. The molecule has 0 heterocycles. The van der Waals surface area contributed by atoms with E-state index in [9.17, 15) is 0 Å². The van der Waals surface area contributed by atoms with E-state index in [0.29, 0.717) is 0 Å². The number of hydrogen-bond acceptors (Lipinski definition) is 0. The van der Waals surface area contributed by atoms with Crippen LogP contribution in [0.25, 0.3) is 0 Å². The van der Waals surface area contributed by atoms with Crippen LogP contribution in [-0.2, 0) is 0 Å². The zero-order valence-corrected chi connectivity index (χ0v) is 17.8. The number of unbranched alkanes of at least 4 members (excludes halogenated alkanes) is 1. The summed E-state index contributed by atoms with van der Waals surface area (Å²) in [5.74, 6) is 0. The Morgan fingerprint density at radius 3 is 1.50 bits per heavy atom. The van der Waals surface area contributed by atoms with Gasteiger partial charge in [0.2, 0.25) is 0 Å². The Morgan fingerprint density at radius 1 is 1.00 bits per heavy atom. The molecule has 0 aromatic heterocycles. The summed E-state index contributed by atoms with van der Waals surface area (Å²) in [6.07, 6.45) is 2.45. The van der Waals surface area contributed by atoms with E-state index in [1.54, 1.807) is 0 Å². The van der Waals surface area contributed by atoms with Crippen molar-refractivity contribution in [1.82, 2.24) is 0 Å². The van der Waals surface area contributed by atoms with Crippen LogP contribution >= 0.6 is 35.7 Å². The first-order chi connectivity index (χ1) is 6.39. The summed E-state index contributed by atoms with van der Waals surface area (Å²) in [6.45, 7) is 6.29. The first-order valence-electron chi connectivity index (χ1n) is 4.94. The van der Waals surface area contributed by atoms with Gasteiger partial charge in [-0.05, 0) is 0 Å². The summed E-state index contributed by atoms with van der Waals surface area (Å²) >= 11 is -4.04. The summed E-state index contributed by atoms with van der Waals surface area (Å²) in [5.41, 5.74) is 0. The first kappa shape index (κ1) is 19.1. The summed E-state index contributed by atoms with van der Waals surface area (Å²) in [6, 6.07) is 0. The molecule has 14 heavy (non-hydrogen) atoms. The van der Waals surface area contributed by atoms with Crippen LogP contribution in [0.2, 0.25) is 13.3 Å².